The van der Waals surface area contributed by atoms with Crippen molar-refractivity contribution in [3.05, 3.63) is 35.9 Å². The third-order valence-electron chi connectivity index (χ3n) is 20.2. The minimum absolute atomic E-state index is 0. The lowest BCUT2D eigenvalue weighted by Crippen LogP contribution is -2.60. The molecule has 0 aromatic heterocycles. The van der Waals surface area contributed by atoms with E-state index in [0.29, 0.717) is 25.9 Å². The second-order valence-corrected chi connectivity index (χ2v) is 28.6. The number of rotatable bonds is 12. The molecule has 24 heteroatoms. The molecule has 4 heterocycles. The Morgan fingerprint density at radius 2 is 1.03 bits per heavy atom. The lowest BCUT2D eigenvalue weighted by molar-refractivity contribution is -0.299. The number of esters is 2. The summed E-state index contributed by atoms with van der Waals surface area (Å²) in [5.74, 6) is -5.95. The summed E-state index contributed by atoms with van der Waals surface area (Å²) in [4.78, 5) is 45.1. The van der Waals surface area contributed by atoms with Gasteiger partial charge >= 0.3 is 11.9 Å². The summed E-state index contributed by atoms with van der Waals surface area (Å²) in [5.41, 5.74) is -5.72. The molecule has 0 saturated carbocycles. The lowest BCUT2D eigenvalue weighted by Gasteiger charge is -2.47. The number of hydrogen-bond donors (Lipinski definition) is 11. The van der Waals surface area contributed by atoms with Gasteiger partial charge in [-0.05, 0) is 146 Å². The molecule has 91 heavy (non-hydrogen) atoms. The minimum atomic E-state index is -1.79. The van der Waals surface area contributed by atoms with Crippen LogP contribution in [0.2, 0.25) is 0 Å². The number of nitrogens with zero attached hydrogens (tertiary/aromatic N) is 3. The highest BCUT2D eigenvalue weighted by Gasteiger charge is 2.53. The minimum Gasteiger partial charge on any atom is -0.459 e. The Bertz CT molecular complexity index is 2380. The summed E-state index contributed by atoms with van der Waals surface area (Å²) in [7, 11) is 6.98. The summed E-state index contributed by atoms with van der Waals surface area (Å²) < 4.78 is 41.9. The molecule has 0 aliphatic carbocycles. The van der Waals surface area contributed by atoms with Gasteiger partial charge in [-0.15, -0.1) is 0 Å². The highest BCUT2D eigenvalue weighted by Crippen LogP contribution is 2.39. The molecule has 4 saturated heterocycles. The van der Waals surface area contributed by atoms with Crippen LogP contribution in [0.5, 0.6) is 0 Å². The van der Waals surface area contributed by atoms with Gasteiger partial charge in [-0.3, -0.25) is 14.4 Å². The highest BCUT2D eigenvalue weighted by molar-refractivity contribution is 5.77. The zero-order valence-corrected chi connectivity index (χ0v) is 58.2. The zero-order chi connectivity index (χ0) is 69.2. The maximum absolute atomic E-state index is 13.5. The highest BCUT2D eigenvalue weighted by atomic mass is 16.7. The first kappa shape index (κ1) is 80.3. The second-order valence-electron chi connectivity index (χ2n) is 28.6. The van der Waals surface area contributed by atoms with Crippen LogP contribution in [0.15, 0.2) is 30.3 Å². The number of ether oxygens (including phenoxy) is 7. The fourth-order valence-corrected chi connectivity index (χ4v) is 14.3. The van der Waals surface area contributed by atoms with E-state index in [4.69, 9.17) is 33.2 Å². The van der Waals surface area contributed by atoms with E-state index in [1.54, 1.807) is 83.5 Å². The van der Waals surface area contributed by atoms with Gasteiger partial charge in [0, 0.05) is 51.5 Å². The quantitative estimate of drug-likeness (QED) is 0.134. The van der Waals surface area contributed by atoms with Crippen molar-refractivity contribution in [2.24, 2.45) is 35.5 Å². The van der Waals surface area contributed by atoms with Crippen molar-refractivity contribution in [3.63, 3.8) is 0 Å². The van der Waals surface area contributed by atoms with Crippen LogP contribution in [0.4, 0.5) is 0 Å². The fourth-order valence-electron chi connectivity index (χ4n) is 14.3. The first-order valence-electron chi connectivity index (χ1n) is 33.1. The monoisotopic (exact) mass is 1300 g/mol. The maximum atomic E-state index is 13.5. The number of cyclic esters (lactones) is 2. The summed E-state index contributed by atoms with van der Waals surface area (Å²) in [5, 5.41) is 118. The number of nitrogens with one attached hydrogen (secondary N) is 1. The Morgan fingerprint density at radius 1 is 0.637 bits per heavy atom. The molecule has 1 aromatic rings. The van der Waals surface area contributed by atoms with Crippen LogP contribution in [0, 0.1) is 35.5 Å². The number of aliphatic hydroxyl groups is 10. The van der Waals surface area contributed by atoms with Gasteiger partial charge in [0.15, 0.2) is 12.6 Å². The first-order valence-corrected chi connectivity index (χ1v) is 33.1. The fraction of sp³-hybridized carbons (Fsp3) is 0.866. The number of aliphatic hydroxyl groups excluding tert-OH is 6. The summed E-state index contributed by atoms with van der Waals surface area (Å²) in [6.07, 6.45) is -13.0. The molecule has 28 atom stereocenters. The van der Waals surface area contributed by atoms with Crippen LogP contribution in [-0.2, 0) is 54.1 Å². The molecule has 4 aliphatic heterocycles. The van der Waals surface area contributed by atoms with Crippen molar-refractivity contribution in [2.45, 2.75) is 288 Å². The standard InChI is InChI=1S/C38H64N2O11.C29H56N2O9.H2/c1-11-29-38(8,47)33(44)26(6)39(9)19-22(2)18-37(7,46)34(24(4)31(42)25(5)35(45)50-29)51-36-32(43)28(17-23(3)49-36)40(10)30(41)21-48-20-27-15-13-12-14-16-27;1-11-21-29(8,37)24(34)19(6)31(10)14-15(2)13-28(7,36)25(17(4)22(32)18(5)26(35)39-21)40-27-23(33)20(30-9)12-16(3)38-27;/h12-16,22-26,28-29,31-34,36,42-44,46-47H,11,17-21H2,1-10H3;15-25,27,30,32-34,36-37H,11-14H2,1-10H3;1H/t22-,23-,24+,25-,26-,28+,29-,31+,32-,33-,34-,36+,37-,38-;15-,16-,17+,18-,19-,20+,21-,22+,23-,24-,25-,27+,28-,29-;/m11./s1. The van der Waals surface area contributed by atoms with E-state index in [2.05, 4.69) is 5.32 Å². The molecule has 1 aromatic carbocycles. The van der Waals surface area contributed by atoms with Crippen molar-refractivity contribution in [1.82, 2.24) is 20.0 Å². The topological polar surface area (TPSA) is 340 Å². The van der Waals surface area contributed by atoms with Crippen molar-refractivity contribution in [1.29, 1.82) is 0 Å². The van der Waals surface area contributed by atoms with Gasteiger partial charge in [-0.2, -0.15) is 0 Å². The summed E-state index contributed by atoms with van der Waals surface area (Å²) >= 11 is 0. The average Bonchev–Trinajstić information content (AvgIpc) is 1.13. The van der Waals surface area contributed by atoms with Crippen LogP contribution in [0.3, 0.4) is 0 Å². The second kappa shape index (κ2) is 34.2. The molecule has 11 N–H and O–H groups in total. The number of carbonyl (C=O) groups excluding carboxylic acids is 3. The number of carbonyl (C=O) groups is 3. The van der Waals surface area contributed by atoms with Crippen molar-refractivity contribution < 1.29 is 100 Å². The molecular formula is C67H122N4O20. The molecule has 0 spiro atoms. The van der Waals surface area contributed by atoms with Gasteiger partial charge in [0.1, 0.15) is 54.4 Å². The van der Waals surface area contributed by atoms with Crippen LogP contribution in [0.1, 0.15) is 156 Å². The van der Waals surface area contributed by atoms with Gasteiger partial charge in [0.05, 0.1) is 72.3 Å². The van der Waals surface area contributed by atoms with E-state index < -0.39 is 156 Å². The Morgan fingerprint density at radius 3 is 1.43 bits per heavy atom. The third kappa shape index (κ3) is 20.5. The molecule has 0 unspecified atom stereocenters. The predicted octanol–water partition coefficient (Wildman–Crippen LogP) is 2.97. The van der Waals surface area contributed by atoms with E-state index in [-0.39, 0.29) is 70.2 Å². The summed E-state index contributed by atoms with van der Waals surface area (Å²) in [6.45, 7) is 28.1. The average molecular weight is 1300 g/mol. The largest absolute Gasteiger partial charge is 0.459 e. The molecule has 24 nitrogen and oxygen atoms in total. The van der Waals surface area contributed by atoms with Gasteiger partial charge in [0.2, 0.25) is 5.91 Å². The number of likely N-dealkylation sites (N-methyl/N-ethyl adjacent to an activating group) is 4. The van der Waals surface area contributed by atoms with Crippen LogP contribution in [0.25, 0.3) is 0 Å². The Kier molecular flexibility index (Phi) is 30.2. The third-order valence-corrected chi connectivity index (χ3v) is 20.2. The van der Waals surface area contributed by atoms with E-state index in [0.717, 1.165) is 5.56 Å². The maximum Gasteiger partial charge on any atom is 0.311 e. The Hall–Kier alpha value is -3.09. The van der Waals surface area contributed by atoms with E-state index in [1.807, 2.05) is 68.0 Å². The SMILES string of the molecule is CC[C@H]1OC(=O)[C@H](C)[C@@H](O)[C@H](C)[C@@H](O[C@@H]2O[C@H](C)C[C@H](N(C)C(=O)COCc3ccccc3)[C@H]2O)[C@](C)(O)C[C@@H](C)CN(C)[C@H](C)[C@@H](O)[C@]1(C)O.CC[C@H]1OC(=O)[C@H](C)[C@@H](O)[C@H](C)[C@@H](O[C@@H]2O[C@H](C)C[C@H](NC)[C@H]2O)[C@](C)(O)C[C@@H](C)CN(C)[C@H](C)[C@@H](O)[C@]1(C)O.[HH]. The van der Waals surface area contributed by atoms with Crippen LogP contribution in [-0.4, -0.2) is 264 Å². The van der Waals surface area contributed by atoms with Crippen molar-refractivity contribution in [3.8, 4) is 0 Å². The lowest BCUT2D eigenvalue weighted by atomic mass is 9.78. The Balaban J connectivity index is 0.000000489. The van der Waals surface area contributed by atoms with Gasteiger partial charge in [-0.25, -0.2) is 0 Å². The van der Waals surface area contributed by atoms with Gasteiger partial charge in [0.25, 0.3) is 0 Å². The molecule has 530 valence electrons. The van der Waals surface area contributed by atoms with Crippen LogP contribution >= 0.6 is 0 Å². The van der Waals surface area contributed by atoms with Crippen molar-refractivity contribution in [2.75, 3.05) is 47.9 Å². The molecule has 4 fully saturated rings. The zero-order valence-electron chi connectivity index (χ0n) is 58.2. The van der Waals surface area contributed by atoms with Crippen molar-refractivity contribution >= 4 is 17.8 Å². The first-order chi connectivity index (χ1) is 42.1. The van der Waals surface area contributed by atoms with E-state index >= 15 is 0 Å². The molecular weight excluding hydrogens is 1180 g/mol. The number of hydrogen-bond acceptors (Lipinski definition) is 23. The van der Waals surface area contributed by atoms with E-state index in [1.165, 1.54) is 32.6 Å². The molecule has 1 amide bonds. The smallest absolute Gasteiger partial charge is 0.311 e. The Labute approximate surface area is 543 Å². The van der Waals surface area contributed by atoms with Gasteiger partial charge < -0.3 is 104 Å². The molecule has 4 aliphatic rings. The predicted molar refractivity (Wildman–Crippen MR) is 343 cm³/mol. The van der Waals surface area contributed by atoms with E-state index in [9.17, 15) is 65.4 Å². The summed E-state index contributed by atoms with van der Waals surface area (Å²) in [6, 6.07) is 7.45. The molecule has 0 bridgehead atoms. The molecule has 0 radical (unpaired) electrons. The number of amides is 1. The van der Waals surface area contributed by atoms with Gasteiger partial charge in [-0.1, -0.05) is 71.9 Å². The normalized spacial score (nSPS) is 44.5. The number of benzene rings is 1. The van der Waals surface area contributed by atoms with Crippen LogP contribution < -0.4 is 5.32 Å². The molecule has 5 rings (SSSR count).